The number of carbonyl (C=O) groups is 1. The third-order valence-corrected chi connectivity index (χ3v) is 6.28. The highest BCUT2D eigenvalue weighted by Gasteiger charge is 2.32. The average molecular weight is 371 g/mol. The Morgan fingerprint density at radius 1 is 1.00 bits per heavy atom. The summed E-state index contributed by atoms with van der Waals surface area (Å²) in [6.07, 6.45) is 5.00. The Morgan fingerprint density at radius 3 is 2.37 bits per heavy atom. The maximum absolute atomic E-state index is 12.4. The van der Waals surface area contributed by atoms with Gasteiger partial charge in [-0.3, -0.25) is 14.6 Å². The fourth-order valence-electron chi connectivity index (χ4n) is 4.50. The summed E-state index contributed by atoms with van der Waals surface area (Å²) in [6.45, 7) is 10.1. The second kappa shape index (κ2) is 8.72. The van der Waals surface area contributed by atoms with Gasteiger partial charge in [0.2, 0.25) is 5.91 Å². The Hall–Kier alpha value is -1.43. The van der Waals surface area contributed by atoms with E-state index in [1.54, 1.807) is 0 Å². The van der Waals surface area contributed by atoms with Crippen LogP contribution in [0.1, 0.15) is 36.8 Å². The Labute approximate surface area is 163 Å². The monoisotopic (exact) mass is 370 g/mol. The predicted molar refractivity (Wildman–Crippen MR) is 109 cm³/mol. The molecule has 1 amide bonds. The summed E-state index contributed by atoms with van der Waals surface area (Å²) in [5, 5.41) is 3.28. The first-order chi connectivity index (χ1) is 13.2. The summed E-state index contributed by atoms with van der Waals surface area (Å²) in [5.41, 5.74) is 2.71. The number of carbonyl (C=O) groups excluding carboxylic acids is 1. The van der Waals surface area contributed by atoms with Gasteiger partial charge in [-0.05, 0) is 38.2 Å². The van der Waals surface area contributed by atoms with Crippen LogP contribution in [0.4, 0.5) is 0 Å². The molecule has 5 heteroatoms. The van der Waals surface area contributed by atoms with Gasteiger partial charge in [-0.1, -0.05) is 29.8 Å². The second-order valence-electron chi connectivity index (χ2n) is 8.65. The zero-order chi connectivity index (χ0) is 18.6. The van der Waals surface area contributed by atoms with E-state index in [0.717, 1.165) is 64.7 Å². The van der Waals surface area contributed by atoms with E-state index in [0.29, 0.717) is 12.6 Å². The number of nitrogens with zero attached hydrogens (tertiary/aromatic N) is 3. The number of likely N-dealkylation sites (tertiary alicyclic amines) is 1. The predicted octanol–water partition coefficient (Wildman–Crippen LogP) is 1.86. The molecule has 2 saturated heterocycles. The van der Waals surface area contributed by atoms with Gasteiger partial charge in [-0.15, -0.1) is 0 Å². The number of benzene rings is 1. The lowest BCUT2D eigenvalue weighted by Gasteiger charge is -2.35. The largest absolute Gasteiger partial charge is 0.352 e. The molecule has 0 aromatic heterocycles. The highest BCUT2D eigenvalue weighted by atomic mass is 16.2. The third-order valence-electron chi connectivity index (χ3n) is 6.28. The second-order valence-corrected chi connectivity index (χ2v) is 8.65. The van der Waals surface area contributed by atoms with Gasteiger partial charge in [0.1, 0.15) is 0 Å². The fraction of sp³-hybridized carbons (Fsp3) is 0.682. The van der Waals surface area contributed by atoms with Crippen molar-refractivity contribution in [2.45, 2.75) is 51.2 Å². The summed E-state index contributed by atoms with van der Waals surface area (Å²) in [4.78, 5) is 19.8. The molecule has 0 atom stereocenters. The lowest BCUT2D eigenvalue weighted by molar-refractivity contribution is -0.123. The summed E-state index contributed by atoms with van der Waals surface area (Å²) >= 11 is 0. The molecular weight excluding hydrogens is 336 g/mol. The molecule has 5 nitrogen and oxygen atoms in total. The molecule has 0 unspecified atom stereocenters. The molecule has 1 N–H and O–H groups in total. The van der Waals surface area contributed by atoms with Gasteiger partial charge in [-0.2, -0.15) is 0 Å². The lowest BCUT2D eigenvalue weighted by atomic mass is 10.0. The van der Waals surface area contributed by atoms with Crippen molar-refractivity contribution < 1.29 is 4.79 Å². The third kappa shape index (κ3) is 5.53. The van der Waals surface area contributed by atoms with Gasteiger partial charge in [0, 0.05) is 57.9 Å². The van der Waals surface area contributed by atoms with Crippen LogP contribution < -0.4 is 5.32 Å². The molecule has 0 spiro atoms. The van der Waals surface area contributed by atoms with Crippen LogP contribution in [0.2, 0.25) is 0 Å². The highest BCUT2D eigenvalue weighted by Crippen LogP contribution is 2.29. The number of aryl methyl sites for hydroxylation is 1. The van der Waals surface area contributed by atoms with E-state index in [2.05, 4.69) is 51.2 Å². The van der Waals surface area contributed by atoms with Crippen LogP contribution in [0.3, 0.4) is 0 Å². The molecule has 4 rings (SSSR count). The molecule has 148 valence electrons. The minimum absolute atomic E-state index is 0.215. The summed E-state index contributed by atoms with van der Waals surface area (Å²) in [7, 11) is 0. The topological polar surface area (TPSA) is 38.8 Å². The first kappa shape index (κ1) is 18.9. The zero-order valence-corrected chi connectivity index (χ0v) is 16.7. The van der Waals surface area contributed by atoms with Gasteiger partial charge in [0.15, 0.2) is 0 Å². The van der Waals surface area contributed by atoms with Crippen LogP contribution in [0.15, 0.2) is 24.3 Å². The van der Waals surface area contributed by atoms with E-state index in [1.807, 2.05) is 0 Å². The molecule has 3 fully saturated rings. The van der Waals surface area contributed by atoms with Crippen LogP contribution >= 0.6 is 0 Å². The van der Waals surface area contributed by atoms with E-state index >= 15 is 0 Å². The molecule has 27 heavy (non-hydrogen) atoms. The van der Waals surface area contributed by atoms with E-state index in [-0.39, 0.29) is 5.91 Å². The Morgan fingerprint density at radius 2 is 1.70 bits per heavy atom. The van der Waals surface area contributed by atoms with E-state index in [1.165, 1.54) is 24.0 Å². The molecule has 1 aromatic carbocycles. The van der Waals surface area contributed by atoms with Crippen molar-refractivity contribution in [2.24, 2.45) is 0 Å². The van der Waals surface area contributed by atoms with Gasteiger partial charge < -0.3 is 10.2 Å². The molecule has 1 saturated carbocycles. The normalized spacial score (nSPS) is 23.4. The van der Waals surface area contributed by atoms with Crippen molar-refractivity contribution in [3.05, 3.63) is 35.4 Å². The van der Waals surface area contributed by atoms with Gasteiger partial charge in [0.05, 0.1) is 6.54 Å². The van der Waals surface area contributed by atoms with E-state index < -0.39 is 0 Å². The molecule has 0 bridgehead atoms. The van der Waals surface area contributed by atoms with E-state index in [9.17, 15) is 4.79 Å². The van der Waals surface area contributed by atoms with Crippen LogP contribution in [0.5, 0.6) is 0 Å². The van der Waals surface area contributed by atoms with Gasteiger partial charge >= 0.3 is 0 Å². The van der Waals surface area contributed by atoms with Crippen LogP contribution in [0.25, 0.3) is 0 Å². The number of piperidine rings is 1. The summed E-state index contributed by atoms with van der Waals surface area (Å²) in [5.74, 6) is 0.215. The minimum Gasteiger partial charge on any atom is -0.352 e. The standard InChI is InChI=1S/C22H34N4O/c1-18-3-2-4-19(15-18)16-24-11-13-25(14-12-24)17-22(27)23-20-7-9-26(10-8-20)21-5-6-21/h2-4,15,20-21H,5-14,16-17H2,1H3,(H,23,27). The average Bonchev–Trinajstić information content (AvgIpc) is 3.49. The van der Waals surface area contributed by atoms with Crippen molar-refractivity contribution in [2.75, 3.05) is 45.8 Å². The molecular formula is C22H34N4O. The molecule has 1 aliphatic carbocycles. The Balaban J connectivity index is 1.14. The summed E-state index contributed by atoms with van der Waals surface area (Å²) in [6, 6.07) is 10.0. The molecule has 2 heterocycles. The van der Waals surface area contributed by atoms with Crippen molar-refractivity contribution in [1.82, 2.24) is 20.0 Å². The van der Waals surface area contributed by atoms with Gasteiger partial charge in [-0.25, -0.2) is 0 Å². The minimum atomic E-state index is 0.215. The van der Waals surface area contributed by atoms with Crippen molar-refractivity contribution >= 4 is 5.91 Å². The van der Waals surface area contributed by atoms with Crippen LogP contribution in [0, 0.1) is 6.92 Å². The molecule has 1 aromatic rings. The van der Waals surface area contributed by atoms with Crippen molar-refractivity contribution in [1.29, 1.82) is 0 Å². The molecule has 3 aliphatic rings. The van der Waals surface area contributed by atoms with Crippen molar-refractivity contribution in [3.8, 4) is 0 Å². The molecule has 2 aliphatic heterocycles. The Bertz CT molecular complexity index is 629. The fourth-order valence-corrected chi connectivity index (χ4v) is 4.50. The number of nitrogens with one attached hydrogen (secondary N) is 1. The van der Waals surface area contributed by atoms with Crippen LogP contribution in [-0.2, 0) is 11.3 Å². The van der Waals surface area contributed by atoms with Gasteiger partial charge in [0.25, 0.3) is 0 Å². The zero-order valence-electron chi connectivity index (χ0n) is 16.7. The quantitative estimate of drug-likeness (QED) is 0.830. The number of hydrogen-bond acceptors (Lipinski definition) is 4. The summed E-state index contributed by atoms with van der Waals surface area (Å²) < 4.78 is 0. The first-order valence-electron chi connectivity index (χ1n) is 10.7. The smallest absolute Gasteiger partial charge is 0.234 e. The van der Waals surface area contributed by atoms with Crippen LogP contribution in [-0.4, -0.2) is 78.5 Å². The highest BCUT2D eigenvalue weighted by molar-refractivity contribution is 5.78. The number of hydrogen-bond donors (Lipinski definition) is 1. The SMILES string of the molecule is Cc1cccc(CN2CCN(CC(=O)NC3CCN(C4CC4)CC3)CC2)c1. The first-order valence-corrected chi connectivity index (χ1v) is 10.7. The number of rotatable bonds is 6. The van der Waals surface area contributed by atoms with Crippen molar-refractivity contribution in [3.63, 3.8) is 0 Å². The Kier molecular flexibility index (Phi) is 6.11. The number of amides is 1. The molecule has 0 radical (unpaired) electrons. The lowest BCUT2D eigenvalue weighted by Crippen LogP contribution is -2.51. The number of piperazine rings is 1. The maximum atomic E-state index is 12.4. The van der Waals surface area contributed by atoms with E-state index in [4.69, 9.17) is 0 Å². The maximum Gasteiger partial charge on any atom is 0.234 e.